The van der Waals surface area contributed by atoms with Gasteiger partial charge in [-0.05, 0) is 37.6 Å². The van der Waals surface area contributed by atoms with Gasteiger partial charge in [-0.1, -0.05) is 30.3 Å². The number of carbonyl (C=O) groups excluding carboxylic acids is 2. The lowest BCUT2D eigenvalue weighted by atomic mass is 10.1. The molecule has 0 radical (unpaired) electrons. The predicted molar refractivity (Wildman–Crippen MR) is 85.4 cm³/mol. The van der Waals surface area contributed by atoms with Crippen LogP contribution in [0.15, 0.2) is 52.9 Å². The van der Waals surface area contributed by atoms with E-state index < -0.39 is 0 Å². The quantitative estimate of drug-likeness (QED) is 0.736. The summed E-state index contributed by atoms with van der Waals surface area (Å²) in [5.41, 5.74) is 2.81. The number of amides is 1. The summed E-state index contributed by atoms with van der Waals surface area (Å²) in [6.07, 6.45) is 0. The van der Waals surface area contributed by atoms with Crippen molar-refractivity contribution >= 4 is 28.3 Å². The van der Waals surface area contributed by atoms with Crippen molar-refractivity contribution in [1.82, 2.24) is 0 Å². The van der Waals surface area contributed by atoms with Gasteiger partial charge in [0.05, 0.1) is 0 Å². The Morgan fingerprint density at radius 3 is 2.55 bits per heavy atom. The molecule has 3 rings (SSSR count). The number of hydrogen-bond acceptors (Lipinski definition) is 3. The fraction of sp³-hybridized carbons (Fsp3) is 0.111. The first-order chi connectivity index (χ1) is 10.5. The zero-order valence-electron chi connectivity index (χ0n) is 12.3. The van der Waals surface area contributed by atoms with Crippen LogP contribution in [0, 0.1) is 6.92 Å². The van der Waals surface area contributed by atoms with Gasteiger partial charge in [0, 0.05) is 16.6 Å². The molecule has 0 atom stereocenters. The first kappa shape index (κ1) is 14.1. The second-order valence-electron chi connectivity index (χ2n) is 5.20. The number of rotatable bonds is 3. The van der Waals surface area contributed by atoms with Crippen LogP contribution < -0.4 is 5.32 Å². The molecule has 1 amide bonds. The number of Topliss-reactive ketones (excluding diaryl/α,β-unsaturated/α-hetero) is 1. The van der Waals surface area contributed by atoms with Crippen LogP contribution in [0.5, 0.6) is 0 Å². The van der Waals surface area contributed by atoms with Crippen LogP contribution in [0.4, 0.5) is 5.69 Å². The summed E-state index contributed by atoms with van der Waals surface area (Å²) in [6, 6.07) is 14.3. The second kappa shape index (κ2) is 5.48. The Balaban J connectivity index is 1.88. The second-order valence-corrected chi connectivity index (χ2v) is 5.20. The fourth-order valence-corrected chi connectivity index (χ4v) is 2.33. The van der Waals surface area contributed by atoms with E-state index in [1.54, 1.807) is 30.3 Å². The van der Waals surface area contributed by atoms with Crippen LogP contribution in [0.25, 0.3) is 11.0 Å². The molecule has 0 aliphatic heterocycles. The minimum Gasteiger partial charge on any atom is -0.451 e. The Bertz CT molecular complexity index is 877. The molecule has 0 bridgehead atoms. The van der Waals surface area contributed by atoms with Crippen molar-refractivity contribution in [2.24, 2.45) is 0 Å². The molecule has 3 aromatic rings. The van der Waals surface area contributed by atoms with Gasteiger partial charge in [-0.2, -0.15) is 0 Å². The Morgan fingerprint density at radius 1 is 1.05 bits per heavy atom. The highest BCUT2D eigenvalue weighted by atomic mass is 16.3. The van der Waals surface area contributed by atoms with Crippen molar-refractivity contribution in [2.45, 2.75) is 13.8 Å². The normalized spacial score (nSPS) is 10.6. The molecule has 0 saturated carbocycles. The number of benzene rings is 2. The van der Waals surface area contributed by atoms with E-state index in [1.807, 2.05) is 25.1 Å². The molecule has 0 spiro atoms. The third-order valence-corrected chi connectivity index (χ3v) is 3.49. The Hall–Kier alpha value is -2.88. The van der Waals surface area contributed by atoms with E-state index in [0.29, 0.717) is 16.8 Å². The van der Waals surface area contributed by atoms with Gasteiger partial charge in [0.25, 0.3) is 5.91 Å². The number of aryl methyl sites for hydroxylation is 1. The van der Waals surface area contributed by atoms with E-state index in [4.69, 9.17) is 4.42 Å². The highest BCUT2D eigenvalue weighted by Crippen LogP contribution is 2.23. The summed E-state index contributed by atoms with van der Waals surface area (Å²) >= 11 is 0. The number of para-hydroxylation sites is 1. The maximum Gasteiger partial charge on any atom is 0.291 e. The van der Waals surface area contributed by atoms with Crippen molar-refractivity contribution in [2.75, 3.05) is 5.32 Å². The van der Waals surface area contributed by atoms with Crippen LogP contribution in [-0.2, 0) is 0 Å². The summed E-state index contributed by atoms with van der Waals surface area (Å²) in [7, 11) is 0. The summed E-state index contributed by atoms with van der Waals surface area (Å²) < 4.78 is 5.63. The molecule has 1 aromatic heterocycles. The number of fused-ring (bicyclic) bond motifs is 1. The smallest absolute Gasteiger partial charge is 0.291 e. The molecule has 0 fully saturated rings. The minimum absolute atomic E-state index is 0.0459. The average molecular weight is 293 g/mol. The molecular formula is C18H15NO3. The van der Waals surface area contributed by atoms with Gasteiger partial charge in [-0.3, -0.25) is 9.59 Å². The number of furan rings is 1. The summed E-state index contributed by atoms with van der Waals surface area (Å²) in [5, 5.41) is 3.64. The lowest BCUT2D eigenvalue weighted by molar-refractivity contribution is 0.0993. The monoisotopic (exact) mass is 293 g/mol. The highest BCUT2D eigenvalue weighted by Gasteiger charge is 2.14. The van der Waals surface area contributed by atoms with Gasteiger partial charge in [0.15, 0.2) is 11.5 Å². The molecule has 2 aromatic carbocycles. The number of hydrogen-bond donors (Lipinski definition) is 1. The van der Waals surface area contributed by atoms with E-state index in [9.17, 15) is 9.59 Å². The molecule has 4 nitrogen and oxygen atoms in total. The van der Waals surface area contributed by atoms with Gasteiger partial charge in [-0.15, -0.1) is 0 Å². The largest absolute Gasteiger partial charge is 0.451 e. The van der Waals surface area contributed by atoms with E-state index in [1.165, 1.54) is 6.92 Å². The molecule has 0 saturated heterocycles. The zero-order chi connectivity index (χ0) is 15.7. The van der Waals surface area contributed by atoms with Gasteiger partial charge in [0.2, 0.25) is 0 Å². The summed E-state index contributed by atoms with van der Waals surface area (Å²) in [6.45, 7) is 3.42. The zero-order valence-corrected chi connectivity index (χ0v) is 12.3. The molecule has 22 heavy (non-hydrogen) atoms. The molecule has 0 aliphatic rings. The number of ketones is 1. The molecule has 1 N–H and O–H groups in total. The first-order valence-corrected chi connectivity index (χ1v) is 6.96. The van der Waals surface area contributed by atoms with Crippen LogP contribution in [-0.4, -0.2) is 11.7 Å². The Labute approximate surface area is 127 Å². The molecule has 110 valence electrons. The molecule has 4 heteroatoms. The molecular weight excluding hydrogens is 278 g/mol. The first-order valence-electron chi connectivity index (χ1n) is 6.96. The molecule has 0 aliphatic carbocycles. The molecule has 0 unspecified atom stereocenters. The van der Waals surface area contributed by atoms with Gasteiger partial charge in [-0.25, -0.2) is 0 Å². The maximum atomic E-state index is 12.3. The number of carbonyl (C=O) groups is 2. The SMILES string of the molecule is CC(=O)c1cccc(NC(=O)c2cc3cccc(C)c3o2)c1. The number of nitrogens with one attached hydrogen (secondary N) is 1. The van der Waals surface area contributed by atoms with Gasteiger partial charge < -0.3 is 9.73 Å². The van der Waals surface area contributed by atoms with E-state index in [0.717, 1.165) is 10.9 Å². The third kappa shape index (κ3) is 2.63. The van der Waals surface area contributed by atoms with Crippen molar-refractivity contribution < 1.29 is 14.0 Å². The molecule has 1 heterocycles. The maximum absolute atomic E-state index is 12.3. The average Bonchev–Trinajstić information content (AvgIpc) is 2.93. The van der Waals surface area contributed by atoms with Crippen LogP contribution in [0.2, 0.25) is 0 Å². The van der Waals surface area contributed by atoms with Crippen molar-refractivity contribution in [1.29, 1.82) is 0 Å². The lowest BCUT2D eigenvalue weighted by Gasteiger charge is -2.04. The van der Waals surface area contributed by atoms with E-state index in [2.05, 4.69) is 5.32 Å². The van der Waals surface area contributed by atoms with Crippen molar-refractivity contribution in [3.8, 4) is 0 Å². The predicted octanol–water partition coefficient (Wildman–Crippen LogP) is 4.20. The fourth-order valence-electron chi connectivity index (χ4n) is 2.33. The van der Waals surface area contributed by atoms with Crippen molar-refractivity contribution in [3.05, 3.63) is 65.4 Å². The highest BCUT2D eigenvalue weighted by molar-refractivity contribution is 6.05. The van der Waals surface area contributed by atoms with E-state index in [-0.39, 0.29) is 17.5 Å². The van der Waals surface area contributed by atoms with Crippen LogP contribution in [0.3, 0.4) is 0 Å². The van der Waals surface area contributed by atoms with E-state index >= 15 is 0 Å². The summed E-state index contributed by atoms with van der Waals surface area (Å²) in [4.78, 5) is 23.7. The van der Waals surface area contributed by atoms with Crippen LogP contribution in [0.1, 0.15) is 33.4 Å². The Kier molecular flexibility index (Phi) is 3.51. The number of anilines is 1. The minimum atomic E-state index is -0.337. The van der Waals surface area contributed by atoms with Crippen molar-refractivity contribution in [3.63, 3.8) is 0 Å². The van der Waals surface area contributed by atoms with Gasteiger partial charge in [0.1, 0.15) is 5.58 Å². The standard InChI is InChI=1S/C18H15NO3/c1-11-5-3-7-14-10-16(22-17(11)14)18(21)19-15-8-4-6-13(9-15)12(2)20/h3-10H,1-2H3,(H,19,21). The van der Waals surface area contributed by atoms with Gasteiger partial charge >= 0.3 is 0 Å². The topological polar surface area (TPSA) is 59.3 Å². The lowest BCUT2D eigenvalue weighted by Crippen LogP contribution is -2.11. The third-order valence-electron chi connectivity index (χ3n) is 3.49. The Morgan fingerprint density at radius 2 is 1.82 bits per heavy atom. The summed E-state index contributed by atoms with van der Waals surface area (Å²) in [5.74, 6) is -0.135. The van der Waals surface area contributed by atoms with Crippen LogP contribution >= 0.6 is 0 Å².